The zero-order valence-corrected chi connectivity index (χ0v) is 10.3. The smallest absolute Gasteiger partial charge is 0.168 e. The van der Waals surface area contributed by atoms with Gasteiger partial charge in [0.05, 0.1) is 4.90 Å². The quantitative estimate of drug-likeness (QED) is 0.864. The molecule has 3 nitrogen and oxygen atoms in total. The maximum Gasteiger partial charge on any atom is 0.168 e. The SMILES string of the molecule is O=[SH](=O)c1ccc(OCc2ccc(F)cc2)cc1. The van der Waals surface area contributed by atoms with Gasteiger partial charge in [0.2, 0.25) is 0 Å². The third-order valence-electron chi connectivity index (χ3n) is 2.37. The van der Waals surface area contributed by atoms with E-state index in [1.165, 1.54) is 24.3 Å². The Morgan fingerprint density at radius 1 is 0.944 bits per heavy atom. The highest BCUT2D eigenvalue weighted by Gasteiger charge is 1.98. The predicted molar refractivity (Wildman–Crippen MR) is 65.8 cm³/mol. The van der Waals surface area contributed by atoms with E-state index in [4.69, 9.17) is 4.74 Å². The van der Waals surface area contributed by atoms with E-state index in [2.05, 4.69) is 0 Å². The second-order valence-electron chi connectivity index (χ2n) is 3.67. The van der Waals surface area contributed by atoms with Crippen LogP contribution in [0.25, 0.3) is 0 Å². The van der Waals surface area contributed by atoms with Gasteiger partial charge in [-0.2, -0.15) is 0 Å². The summed E-state index contributed by atoms with van der Waals surface area (Å²) < 4.78 is 39.5. The number of benzene rings is 2. The van der Waals surface area contributed by atoms with Crippen molar-refractivity contribution in [3.8, 4) is 5.75 Å². The van der Waals surface area contributed by atoms with E-state index in [1.54, 1.807) is 24.3 Å². The normalized spacial score (nSPS) is 10.6. The van der Waals surface area contributed by atoms with Crippen LogP contribution in [0.1, 0.15) is 5.56 Å². The van der Waals surface area contributed by atoms with Crippen LogP contribution in [0.15, 0.2) is 53.4 Å². The Hall–Kier alpha value is -1.88. The molecule has 0 N–H and O–H groups in total. The summed E-state index contributed by atoms with van der Waals surface area (Å²) in [5, 5.41) is 0. The average Bonchev–Trinajstić information content (AvgIpc) is 2.38. The lowest BCUT2D eigenvalue weighted by Gasteiger charge is -2.06. The molecule has 0 aromatic heterocycles. The van der Waals surface area contributed by atoms with Crippen molar-refractivity contribution < 1.29 is 17.5 Å². The van der Waals surface area contributed by atoms with Crippen LogP contribution in [0.4, 0.5) is 4.39 Å². The maximum atomic E-state index is 12.7. The van der Waals surface area contributed by atoms with Gasteiger partial charge in [0.25, 0.3) is 0 Å². The molecule has 0 atom stereocenters. The highest BCUT2D eigenvalue weighted by Crippen LogP contribution is 2.15. The van der Waals surface area contributed by atoms with Gasteiger partial charge in [0.15, 0.2) is 10.7 Å². The summed E-state index contributed by atoms with van der Waals surface area (Å²) >= 11 is 0. The highest BCUT2D eigenvalue weighted by molar-refractivity contribution is 7.72. The number of hydrogen-bond acceptors (Lipinski definition) is 3. The van der Waals surface area contributed by atoms with Gasteiger partial charge in [-0.25, -0.2) is 12.8 Å². The van der Waals surface area contributed by atoms with Gasteiger partial charge in [-0.3, -0.25) is 0 Å². The zero-order chi connectivity index (χ0) is 13.0. The minimum absolute atomic E-state index is 0.249. The topological polar surface area (TPSA) is 43.4 Å². The molecule has 0 aliphatic heterocycles. The van der Waals surface area contributed by atoms with E-state index < -0.39 is 10.7 Å². The van der Waals surface area contributed by atoms with Crippen molar-refractivity contribution >= 4 is 10.7 Å². The highest BCUT2D eigenvalue weighted by atomic mass is 32.2. The molecular formula is C13H11FO3S. The van der Waals surface area contributed by atoms with Crippen molar-refractivity contribution in [3.05, 3.63) is 59.9 Å². The largest absolute Gasteiger partial charge is 0.489 e. The van der Waals surface area contributed by atoms with Gasteiger partial charge in [0.1, 0.15) is 18.2 Å². The molecule has 0 saturated carbocycles. The molecule has 0 amide bonds. The Balaban J connectivity index is 2.00. The molecule has 0 fully saturated rings. The van der Waals surface area contributed by atoms with Gasteiger partial charge in [-0.15, -0.1) is 0 Å². The van der Waals surface area contributed by atoms with Crippen LogP contribution in [0.3, 0.4) is 0 Å². The number of rotatable bonds is 4. The van der Waals surface area contributed by atoms with Crippen molar-refractivity contribution in [3.63, 3.8) is 0 Å². The van der Waals surface area contributed by atoms with E-state index in [0.29, 0.717) is 12.4 Å². The first-order valence-corrected chi connectivity index (χ1v) is 6.44. The van der Waals surface area contributed by atoms with Crippen molar-refractivity contribution in [2.45, 2.75) is 11.5 Å². The fourth-order valence-corrected chi connectivity index (χ4v) is 1.80. The Morgan fingerprint density at radius 3 is 2.11 bits per heavy atom. The summed E-state index contributed by atoms with van der Waals surface area (Å²) in [6.07, 6.45) is 0. The van der Waals surface area contributed by atoms with Crippen molar-refractivity contribution in [1.82, 2.24) is 0 Å². The first kappa shape index (κ1) is 12.6. The minimum atomic E-state index is -2.56. The van der Waals surface area contributed by atoms with Crippen LogP contribution in [-0.4, -0.2) is 8.42 Å². The summed E-state index contributed by atoms with van der Waals surface area (Å²) in [5.41, 5.74) is 0.843. The van der Waals surface area contributed by atoms with Crippen molar-refractivity contribution in [2.24, 2.45) is 0 Å². The van der Waals surface area contributed by atoms with Crippen LogP contribution >= 0.6 is 0 Å². The number of halogens is 1. The molecule has 2 rings (SSSR count). The van der Waals surface area contributed by atoms with E-state index in [1.807, 2.05) is 0 Å². The van der Waals surface area contributed by atoms with Crippen molar-refractivity contribution in [1.29, 1.82) is 0 Å². The zero-order valence-electron chi connectivity index (χ0n) is 9.38. The second-order valence-corrected chi connectivity index (χ2v) is 4.70. The van der Waals surface area contributed by atoms with E-state index >= 15 is 0 Å². The summed E-state index contributed by atoms with van der Waals surface area (Å²) in [5.74, 6) is 0.280. The molecule has 0 unspecified atom stereocenters. The standard InChI is InChI=1S/C13H11FO3S/c14-11-3-1-10(2-4-11)9-17-12-5-7-13(8-6-12)18(15)16/h1-8,18H,9H2. The van der Waals surface area contributed by atoms with Gasteiger partial charge >= 0.3 is 0 Å². The molecule has 0 aliphatic carbocycles. The predicted octanol–water partition coefficient (Wildman–Crippen LogP) is 2.38. The second kappa shape index (κ2) is 5.64. The average molecular weight is 266 g/mol. The maximum absolute atomic E-state index is 12.7. The lowest BCUT2D eigenvalue weighted by atomic mass is 10.2. The Labute approximate surface area is 106 Å². The molecule has 0 bridgehead atoms. The molecule has 0 radical (unpaired) electrons. The Bertz CT molecular complexity index is 581. The van der Waals surface area contributed by atoms with Crippen LogP contribution in [0, 0.1) is 5.82 Å². The minimum Gasteiger partial charge on any atom is -0.489 e. The molecule has 0 spiro atoms. The summed E-state index contributed by atoms with van der Waals surface area (Å²) in [6.45, 7) is 0.309. The van der Waals surface area contributed by atoms with Gasteiger partial charge in [0, 0.05) is 0 Å². The first-order valence-electron chi connectivity index (χ1n) is 5.27. The van der Waals surface area contributed by atoms with E-state index in [9.17, 15) is 12.8 Å². The molecular weight excluding hydrogens is 255 g/mol. The van der Waals surface area contributed by atoms with Gasteiger partial charge in [-0.05, 0) is 42.0 Å². The first-order chi connectivity index (χ1) is 8.65. The molecule has 0 aliphatic rings. The lowest BCUT2D eigenvalue weighted by Crippen LogP contribution is -1.95. The van der Waals surface area contributed by atoms with Crippen LogP contribution < -0.4 is 4.74 Å². The summed E-state index contributed by atoms with van der Waals surface area (Å²) in [6, 6.07) is 12.1. The number of hydrogen-bond donors (Lipinski definition) is 1. The van der Waals surface area contributed by atoms with Gasteiger partial charge < -0.3 is 4.74 Å². The molecule has 5 heteroatoms. The summed E-state index contributed by atoms with van der Waals surface area (Å²) in [7, 11) is -2.56. The van der Waals surface area contributed by atoms with Gasteiger partial charge in [-0.1, -0.05) is 12.1 Å². The fraction of sp³-hybridized carbons (Fsp3) is 0.0769. The van der Waals surface area contributed by atoms with E-state index in [0.717, 1.165) is 5.56 Å². The lowest BCUT2D eigenvalue weighted by molar-refractivity contribution is 0.306. The third-order valence-corrected chi connectivity index (χ3v) is 3.09. The molecule has 0 heterocycles. The molecule has 94 valence electrons. The van der Waals surface area contributed by atoms with E-state index in [-0.39, 0.29) is 10.7 Å². The van der Waals surface area contributed by atoms with Crippen LogP contribution in [0.2, 0.25) is 0 Å². The Morgan fingerprint density at radius 2 is 1.56 bits per heavy atom. The number of thiol groups is 1. The van der Waals surface area contributed by atoms with Crippen molar-refractivity contribution in [2.75, 3.05) is 0 Å². The molecule has 2 aromatic rings. The summed E-state index contributed by atoms with van der Waals surface area (Å²) in [4.78, 5) is 0.249. The number of ether oxygens (including phenoxy) is 1. The monoisotopic (exact) mass is 266 g/mol. The van der Waals surface area contributed by atoms with Crippen LogP contribution in [-0.2, 0) is 17.3 Å². The molecule has 2 aromatic carbocycles. The Kier molecular flexibility index (Phi) is 3.94. The third kappa shape index (κ3) is 3.30. The fourth-order valence-electron chi connectivity index (χ4n) is 1.41. The molecule has 0 saturated heterocycles. The molecule has 18 heavy (non-hydrogen) atoms. The van der Waals surface area contributed by atoms with Crippen LogP contribution in [0.5, 0.6) is 5.75 Å².